The zero-order valence-corrected chi connectivity index (χ0v) is 7.68. The highest BCUT2D eigenvalue weighted by Crippen LogP contribution is 2.20. The topological polar surface area (TPSA) is 171 Å². The summed E-state index contributed by atoms with van der Waals surface area (Å²) in [4.78, 5) is 18.9. The summed E-state index contributed by atoms with van der Waals surface area (Å²) in [6.07, 6.45) is -2.78. The molecule has 0 unspecified atom stereocenters. The Morgan fingerprint density at radius 3 is 2.19 bits per heavy atom. The molecule has 0 spiro atoms. The second kappa shape index (κ2) is 5.72. The summed E-state index contributed by atoms with van der Waals surface area (Å²) >= 11 is 0. The standard InChI is InChI=1S/C6H8O6.HNO3/c7-1-2(8)5-3(9)4(10)6(11)12-5;2-1(3)4/h2,5,7-10H,1H2;(H,2,3,4)/t2-,5+;/m0./s1. The van der Waals surface area contributed by atoms with Crippen molar-refractivity contribution in [2.75, 3.05) is 6.61 Å². The molecular formula is C6H9NO9. The Bertz CT molecular complexity index is 307. The molecule has 10 heteroatoms. The molecule has 0 radical (unpaired) electrons. The summed E-state index contributed by atoms with van der Waals surface area (Å²) in [6, 6.07) is 0. The van der Waals surface area contributed by atoms with Crippen molar-refractivity contribution in [3.63, 3.8) is 0 Å². The van der Waals surface area contributed by atoms with Crippen molar-refractivity contribution in [1.29, 1.82) is 0 Å². The number of aliphatic hydroxyl groups is 4. The second-order valence-corrected chi connectivity index (χ2v) is 2.55. The smallest absolute Gasteiger partial charge is 0.377 e. The molecule has 0 fully saturated rings. The normalized spacial score (nSPS) is 20.9. The predicted octanol–water partition coefficient (Wildman–Crippen LogP) is -1.76. The van der Waals surface area contributed by atoms with E-state index in [-0.39, 0.29) is 0 Å². The molecule has 16 heavy (non-hydrogen) atoms. The van der Waals surface area contributed by atoms with E-state index in [1.807, 2.05) is 0 Å². The van der Waals surface area contributed by atoms with Gasteiger partial charge in [0, 0.05) is 0 Å². The van der Waals surface area contributed by atoms with Crippen LogP contribution in [0, 0.1) is 10.1 Å². The lowest BCUT2D eigenvalue weighted by Gasteiger charge is -2.13. The van der Waals surface area contributed by atoms with Crippen molar-refractivity contribution < 1.29 is 40.3 Å². The van der Waals surface area contributed by atoms with Gasteiger partial charge in [0.2, 0.25) is 5.76 Å². The summed E-state index contributed by atoms with van der Waals surface area (Å²) in [5.41, 5.74) is 0. The number of rotatable bonds is 2. The van der Waals surface area contributed by atoms with Crippen LogP contribution in [-0.4, -0.2) is 55.5 Å². The minimum Gasteiger partial charge on any atom is -0.505 e. The molecule has 2 atom stereocenters. The summed E-state index contributed by atoms with van der Waals surface area (Å²) < 4.78 is 4.32. The molecule has 1 rings (SSSR count). The van der Waals surface area contributed by atoms with Crippen LogP contribution in [0.25, 0.3) is 0 Å². The number of carbonyl (C=O) groups excluding carboxylic acids is 1. The van der Waals surface area contributed by atoms with E-state index in [1.54, 1.807) is 0 Å². The zero-order chi connectivity index (χ0) is 12.9. The third kappa shape index (κ3) is 3.59. The molecule has 0 aromatic carbocycles. The van der Waals surface area contributed by atoms with Crippen LogP contribution in [-0.2, 0) is 9.53 Å². The fourth-order valence-electron chi connectivity index (χ4n) is 0.823. The van der Waals surface area contributed by atoms with Crippen LogP contribution < -0.4 is 0 Å². The Kier molecular flexibility index (Phi) is 4.98. The van der Waals surface area contributed by atoms with Crippen LogP contribution in [0.15, 0.2) is 11.5 Å². The first-order valence-electron chi connectivity index (χ1n) is 3.76. The van der Waals surface area contributed by atoms with Crippen molar-refractivity contribution in [3.05, 3.63) is 21.6 Å². The lowest BCUT2D eigenvalue weighted by molar-refractivity contribution is -0.742. The summed E-state index contributed by atoms with van der Waals surface area (Å²) in [6.45, 7) is -0.671. The highest BCUT2D eigenvalue weighted by molar-refractivity contribution is 5.89. The van der Waals surface area contributed by atoms with Gasteiger partial charge in [0.05, 0.1) is 6.61 Å². The van der Waals surface area contributed by atoms with Crippen LogP contribution >= 0.6 is 0 Å². The van der Waals surface area contributed by atoms with Crippen molar-refractivity contribution in [2.45, 2.75) is 12.2 Å². The fraction of sp³-hybridized carbons (Fsp3) is 0.500. The summed E-state index contributed by atoms with van der Waals surface area (Å²) in [5.74, 6) is -2.78. The maximum absolute atomic E-state index is 10.5. The SMILES string of the molecule is O=C1O[C@H]([C@@H](O)CO)C(O)=C1O.O=[N+]([O-])O. The van der Waals surface area contributed by atoms with Gasteiger partial charge in [0.1, 0.15) is 6.10 Å². The molecule has 1 aliphatic rings. The van der Waals surface area contributed by atoms with E-state index < -0.39 is 41.4 Å². The molecule has 92 valence electrons. The Labute approximate surface area is 87.7 Å². The number of hydrogen-bond acceptors (Lipinski definition) is 8. The quantitative estimate of drug-likeness (QED) is 0.213. The number of hydrogen-bond donors (Lipinski definition) is 5. The molecule has 0 amide bonds. The first kappa shape index (κ1) is 13.9. The monoisotopic (exact) mass is 239 g/mol. The Morgan fingerprint density at radius 2 is 1.94 bits per heavy atom. The van der Waals surface area contributed by atoms with Crippen molar-refractivity contribution in [2.24, 2.45) is 0 Å². The minimum atomic E-state index is -1.50. The minimum absolute atomic E-state index is 0.671. The second-order valence-electron chi connectivity index (χ2n) is 2.55. The highest BCUT2D eigenvalue weighted by atomic mass is 16.9. The molecule has 1 heterocycles. The average Bonchev–Trinajstić information content (AvgIpc) is 2.44. The van der Waals surface area contributed by atoms with E-state index in [2.05, 4.69) is 4.74 Å². The number of carbonyl (C=O) groups is 1. The van der Waals surface area contributed by atoms with Gasteiger partial charge >= 0.3 is 5.97 Å². The van der Waals surface area contributed by atoms with E-state index >= 15 is 0 Å². The maximum Gasteiger partial charge on any atom is 0.377 e. The van der Waals surface area contributed by atoms with E-state index in [0.717, 1.165) is 0 Å². The van der Waals surface area contributed by atoms with Crippen LogP contribution in [0.3, 0.4) is 0 Å². The van der Waals surface area contributed by atoms with Crippen molar-refractivity contribution >= 4 is 5.97 Å². The van der Waals surface area contributed by atoms with Crippen LogP contribution in [0.2, 0.25) is 0 Å². The summed E-state index contributed by atoms with van der Waals surface area (Å²) in [5, 5.41) is 48.7. The van der Waals surface area contributed by atoms with Gasteiger partial charge in [-0.15, -0.1) is 10.1 Å². The van der Waals surface area contributed by atoms with Gasteiger partial charge in [-0.1, -0.05) is 0 Å². The first-order valence-corrected chi connectivity index (χ1v) is 3.76. The largest absolute Gasteiger partial charge is 0.505 e. The molecule has 0 aromatic heterocycles. The van der Waals surface area contributed by atoms with Gasteiger partial charge in [-0.3, -0.25) is 0 Å². The number of cyclic esters (lactones) is 1. The molecular weight excluding hydrogens is 230 g/mol. The van der Waals surface area contributed by atoms with E-state index in [9.17, 15) is 4.79 Å². The Balaban J connectivity index is 0.000000487. The Morgan fingerprint density at radius 1 is 1.50 bits per heavy atom. The third-order valence-electron chi connectivity index (χ3n) is 1.48. The number of aliphatic hydroxyl groups excluding tert-OH is 4. The van der Waals surface area contributed by atoms with Crippen molar-refractivity contribution in [3.8, 4) is 0 Å². The fourth-order valence-corrected chi connectivity index (χ4v) is 0.823. The van der Waals surface area contributed by atoms with Gasteiger partial charge in [-0.2, -0.15) is 0 Å². The molecule has 0 aliphatic carbocycles. The zero-order valence-electron chi connectivity index (χ0n) is 7.68. The molecule has 0 bridgehead atoms. The number of nitrogens with zero attached hydrogens (tertiary/aromatic N) is 1. The number of esters is 1. The first-order chi connectivity index (χ1) is 7.31. The molecule has 0 aromatic rings. The van der Waals surface area contributed by atoms with Gasteiger partial charge < -0.3 is 30.4 Å². The van der Waals surface area contributed by atoms with Crippen LogP contribution in [0.4, 0.5) is 0 Å². The third-order valence-corrected chi connectivity index (χ3v) is 1.48. The molecule has 10 nitrogen and oxygen atoms in total. The van der Waals surface area contributed by atoms with Gasteiger partial charge in [-0.25, -0.2) is 4.79 Å². The van der Waals surface area contributed by atoms with E-state index in [0.29, 0.717) is 0 Å². The van der Waals surface area contributed by atoms with Crippen LogP contribution in [0.1, 0.15) is 0 Å². The molecule has 0 saturated heterocycles. The summed E-state index contributed by atoms with van der Waals surface area (Å²) in [7, 11) is 0. The van der Waals surface area contributed by atoms with E-state index in [4.69, 9.17) is 35.7 Å². The lowest BCUT2D eigenvalue weighted by Crippen LogP contribution is -2.31. The Hall–Kier alpha value is -2.07. The average molecular weight is 239 g/mol. The van der Waals surface area contributed by atoms with E-state index in [1.165, 1.54) is 0 Å². The number of ether oxygens (including phenoxy) is 1. The maximum atomic E-state index is 10.5. The van der Waals surface area contributed by atoms with Gasteiger partial charge in [-0.05, 0) is 0 Å². The molecule has 0 saturated carbocycles. The van der Waals surface area contributed by atoms with Crippen LogP contribution in [0.5, 0.6) is 0 Å². The lowest BCUT2D eigenvalue weighted by atomic mass is 10.2. The highest BCUT2D eigenvalue weighted by Gasteiger charge is 2.38. The van der Waals surface area contributed by atoms with Crippen molar-refractivity contribution in [1.82, 2.24) is 0 Å². The molecule has 1 aliphatic heterocycles. The predicted molar refractivity (Wildman–Crippen MR) is 44.0 cm³/mol. The van der Waals surface area contributed by atoms with Gasteiger partial charge in [0.25, 0.3) is 5.09 Å². The van der Waals surface area contributed by atoms with Gasteiger partial charge in [0.15, 0.2) is 11.9 Å². The molecule has 5 N–H and O–H groups in total.